The van der Waals surface area contributed by atoms with E-state index in [1.165, 1.54) is 0 Å². The third kappa shape index (κ3) is 3.59. The molecule has 0 saturated heterocycles. The summed E-state index contributed by atoms with van der Waals surface area (Å²) in [6.07, 6.45) is 0. The first kappa shape index (κ1) is 12.7. The van der Waals surface area contributed by atoms with Crippen LogP contribution < -0.4 is 5.32 Å². The van der Waals surface area contributed by atoms with Crippen LogP contribution in [0.1, 0.15) is 17.5 Å². The van der Waals surface area contributed by atoms with Crippen LogP contribution in [0.2, 0.25) is 0 Å². The summed E-state index contributed by atoms with van der Waals surface area (Å²) in [6.45, 7) is 1.68. The van der Waals surface area contributed by atoms with Crippen LogP contribution in [-0.2, 0) is 9.53 Å². The van der Waals surface area contributed by atoms with Gasteiger partial charge in [-0.3, -0.25) is 14.9 Å². The lowest BCUT2D eigenvalue weighted by Gasteiger charge is -2.02. The lowest BCUT2D eigenvalue weighted by atomic mass is 10.4. The van der Waals surface area contributed by atoms with Crippen molar-refractivity contribution in [1.82, 2.24) is 5.32 Å². The molecule has 0 atom stereocenters. The smallest absolute Gasteiger partial charge is 0.433 e. The molecule has 0 radical (unpaired) electrons. The zero-order chi connectivity index (χ0) is 12.8. The Hall–Kier alpha value is -2.38. The van der Waals surface area contributed by atoms with Crippen molar-refractivity contribution in [3.63, 3.8) is 0 Å². The second-order valence-corrected chi connectivity index (χ2v) is 2.92. The van der Waals surface area contributed by atoms with E-state index in [1.807, 2.05) is 0 Å². The minimum Gasteiger partial charge on any atom is -0.450 e. The number of nitrogens with zero attached hydrogens (tertiary/aromatic N) is 1. The van der Waals surface area contributed by atoms with Crippen molar-refractivity contribution >= 4 is 17.8 Å². The number of carbonyl (C=O) groups is 2. The summed E-state index contributed by atoms with van der Waals surface area (Å²) < 4.78 is 9.16. The van der Waals surface area contributed by atoms with Crippen molar-refractivity contribution in [2.45, 2.75) is 6.92 Å². The molecule has 1 aromatic heterocycles. The van der Waals surface area contributed by atoms with E-state index in [-0.39, 0.29) is 5.76 Å². The molecule has 0 unspecified atom stereocenters. The van der Waals surface area contributed by atoms with Gasteiger partial charge in [0, 0.05) is 6.54 Å². The highest BCUT2D eigenvalue weighted by atomic mass is 16.7. The standard InChI is InChI=1S/C9H10N2O6/c1-2-10-7(12)5-16-9(13)6-3-4-8(17-6)11(14)15/h3-4H,2,5H2,1H3,(H,10,12). The van der Waals surface area contributed by atoms with Gasteiger partial charge >= 0.3 is 11.9 Å². The van der Waals surface area contributed by atoms with E-state index in [0.717, 1.165) is 12.1 Å². The van der Waals surface area contributed by atoms with Crippen LogP contribution in [0.3, 0.4) is 0 Å². The van der Waals surface area contributed by atoms with Crippen LogP contribution in [0, 0.1) is 10.1 Å². The Morgan fingerprint density at radius 1 is 1.53 bits per heavy atom. The first-order valence-corrected chi connectivity index (χ1v) is 4.72. The van der Waals surface area contributed by atoms with E-state index in [9.17, 15) is 19.7 Å². The predicted octanol–water partition coefficient (Wildman–Crippen LogP) is 0.481. The zero-order valence-corrected chi connectivity index (χ0v) is 8.97. The maximum absolute atomic E-state index is 11.3. The van der Waals surface area contributed by atoms with Crippen molar-refractivity contribution in [1.29, 1.82) is 0 Å². The van der Waals surface area contributed by atoms with Crippen molar-refractivity contribution in [3.05, 3.63) is 28.0 Å². The zero-order valence-electron chi connectivity index (χ0n) is 8.97. The van der Waals surface area contributed by atoms with E-state index < -0.39 is 29.3 Å². The highest BCUT2D eigenvalue weighted by molar-refractivity contribution is 5.89. The number of furan rings is 1. The highest BCUT2D eigenvalue weighted by Gasteiger charge is 2.18. The Morgan fingerprint density at radius 3 is 2.76 bits per heavy atom. The largest absolute Gasteiger partial charge is 0.450 e. The average molecular weight is 242 g/mol. The number of likely N-dealkylation sites (N-methyl/N-ethyl adjacent to an activating group) is 1. The molecule has 92 valence electrons. The first-order valence-electron chi connectivity index (χ1n) is 4.72. The third-order valence-electron chi connectivity index (χ3n) is 1.68. The van der Waals surface area contributed by atoms with Crippen molar-refractivity contribution in [2.75, 3.05) is 13.2 Å². The molecular formula is C9H10N2O6. The molecule has 1 heterocycles. The van der Waals surface area contributed by atoms with Crippen LogP contribution in [-0.4, -0.2) is 30.0 Å². The van der Waals surface area contributed by atoms with E-state index in [4.69, 9.17) is 0 Å². The summed E-state index contributed by atoms with van der Waals surface area (Å²) in [5.41, 5.74) is 0. The summed E-state index contributed by atoms with van der Waals surface area (Å²) in [4.78, 5) is 31.7. The second-order valence-electron chi connectivity index (χ2n) is 2.92. The molecule has 1 N–H and O–H groups in total. The molecule has 0 saturated carbocycles. The minimum absolute atomic E-state index is 0.319. The van der Waals surface area contributed by atoms with Crippen molar-refractivity contribution < 1.29 is 23.7 Å². The molecule has 1 rings (SSSR count). The summed E-state index contributed by atoms with van der Waals surface area (Å²) in [6, 6.07) is 2.14. The SMILES string of the molecule is CCNC(=O)COC(=O)c1ccc([N+](=O)[O-])o1. The summed E-state index contributed by atoms with van der Waals surface area (Å²) in [5.74, 6) is -2.26. The molecule has 1 amide bonds. The summed E-state index contributed by atoms with van der Waals surface area (Å²) in [5, 5.41) is 12.7. The van der Waals surface area contributed by atoms with Gasteiger partial charge in [0.05, 0.1) is 6.07 Å². The molecule has 17 heavy (non-hydrogen) atoms. The number of hydrogen-bond donors (Lipinski definition) is 1. The van der Waals surface area contributed by atoms with Gasteiger partial charge in [0.1, 0.15) is 4.92 Å². The van der Waals surface area contributed by atoms with Gasteiger partial charge in [-0.15, -0.1) is 0 Å². The van der Waals surface area contributed by atoms with Gasteiger partial charge in [0.2, 0.25) is 5.76 Å². The molecule has 0 fully saturated rings. The van der Waals surface area contributed by atoms with Gasteiger partial charge < -0.3 is 14.5 Å². The Balaban J connectivity index is 2.52. The number of nitrogens with one attached hydrogen (secondary N) is 1. The normalized spacial score (nSPS) is 9.71. The second kappa shape index (κ2) is 5.64. The topological polar surface area (TPSA) is 112 Å². The maximum atomic E-state index is 11.3. The lowest BCUT2D eigenvalue weighted by molar-refractivity contribution is -0.402. The Labute approximate surface area is 95.7 Å². The first-order chi connectivity index (χ1) is 8.04. The van der Waals surface area contributed by atoms with Gasteiger partial charge in [0.25, 0.3) is 5.91 Å². The molecule has 1 aromatic rings. The Kier molecular flexibility index (Phi) is 4.21. The van der Waals surface area contributed by atoms with E-state index in [0.29, 0.717) is 6.54 Å². The molecule has 0 spiro atoms. The number of rotatable bonds is 5. The van der Waals surface area contributed by atoms with Crippen LogP contribution in [0.5, 0.6) is 0 Å². The number of carbonyl (C=O) groups excluding carboxylic acids is 2. The maximum Gasteiger partial charge on any atom is 0.433 e. The number of amides is 1. The van der Waals surface area contributed by atoms with E-state index in [2.05, 4.69) is 14.5 Å². The molecule has 0 aliphatic carbocycles. The highest BCUT2D eigenvalue weighted by Crippen LogP contribution is 2.16. The summed E-state index contributed by atoms with van der Waals surface area (Å²) in [7, 11) is 0. The number of ether oxygens (including phenoxy) is 1. The number of nitro groups is 1. The van der Waals surface area contributed by atoms with Gasteiger partial charge in [-0.2, -0.15) is 0 Å². The van der Waals surface area contributed by atoms with E-state index >= 15 is 0 Å². The van der Waals surface area contributed by atoms with Crippen LogP contribution in [0.4, 0.5) is 5.88 Å². The van der Waals surface area contributed by atoms with E-state index in [1.54, 1.807) is 6.92 Å². The minimum atomic E-state index is -0.927. The fourth-order valence-corrected chi connectivity index (χ4v) is 0.986. The van der Waals surface area contributed by atoms with Crippen LogP contribution >= 0.6 is 0 Å². The van der Waals surface area contributed by atoms with Gasteiger partial charge in [-0.1, -0.05) is 0 Å². The third-order valence-corrected chi connectivity index (χ3v) is 1.68. The quantitative estimate of drug-likeness (QED) is 0.456. The lowest BCUT2D eigenvalue weighted by Crippen LogP contribution is -2.28. The van der Waals surface area contributed by atoms with Crippen LogP contribution in [0.15, 0.2) is 16.5 Å². The molecule has 0 aliphatic heterocycles. The Morgan fingerprint density at radius 2 is 2.24 bits per heavy atom. The van der Waals surface area contributed by atoms with Crippen LogP contribution in [0.25, 0.3) is 0 Å². The fourth-order valence-electron chi connectivity index (χ4n) is 0.986. The molecule has 0 bridgehead atoms. The van der Waals surface area contributed by atoms with Crippen molar-refractivity contribution in [2.24, 2.45) is 0 Å². The van der Waals surface area contributed by atoms with Gasteiger partial charge in [-0.25, -0.2) is 4.79 Å². The fraction of sp³-hybridized carbons (Fsp3) is 0.333. The Bertz CT molecular complexity index is 438. The number of hydrogen-bond acceptors (Lipinski definition) is 6. The average Bonchev–Trinajstić information content (AvgIpc) is 2.75. The monoisotopic (exact) mass is 242 g/mol. The van der Waals surface area contributed by atoms with Gasteiger partial charge in [0.15, 0.2) is 6.61 Å². The van der Waals surface area contributed by atoms with Gasteiger partial charge in [-0.05, 0) is 13.0 Å². The van der Waals surface area contributed by atoms with Crippen molar-refractivity contribution in [3.8, 4) is 0 Å². The molecule has 8 heteroatoms. The molecule has 0 aromatic carbocycles. The predicted molar refractivity (Wildman–Crippen MR) is 54.3 cm³/mol. The summed E-state index contributed by atoms with van der Waals surface area (Å²) >= 11 is 0. The molecular weight excluding hydrogens is 232 g/mol. The molecule has 8 nitrogen and oxygen atoms in total. The number of esters is 1. The molecule has 0 aliphatic rings.